The number of hydrogen-bond donors (Lipinski definition) is 1. The van der Waals surface area contributed by atoms with Crippen LogP contribution >= 0.6 is 11.6 Å². The molecule has 0 fully saturated rings. The van der Waals surface area contributed by atoms with Crippen molar-refractivity contribution in [3.8, 4) is 11.5 Å². The summed E-state index contributed by atoms with van der Waals surface area (Å²) in [5.74, 6) is 0.105. The third-order valence-corrected chi connectivity index (χ3v) is 8.79. The van der Waals surface area contributed by atoms with Crippen molar-refractivity contribution in [1.82, 2.24) is 10.2 Å². The average Bonchev–Trinajstić information content (AvgIpc) is 2.95. The van der Waals surface area contributed by atoms with Crippen molar-refractivity contribution in [1.29, 1.82) is 0 Å². The molecule has 0 saturated heterocycles. The molecule has 0 bridgehead atoms. The number of halogens is 1. The number of carbonyl (C=O) groups is 2. The number of benzene rings is 3. The Morgan fingerprint density at radius 1 is 0.953 bits per heavy atom. The van der Waals surface area contributed by atoms with E-state index in [1.165, 1.54) is 36.3 Å². The number of nitrogens with one attached hydrogen (secondary N) is 1. The third-order valence-electron chi connectivity index (χ3n) is 6.71. The molecule has 1 atom stereocenters. The minimum Gasteiger partial charge on any atom is -0.497 e. The number of sulfonamides is 1. The fraction of sp³-hybridized carbons (Fsp3) is 0.375. The lowest BCUT2D eigenvalue weighted by atomic mass is 10.1. The third kappa shape index (κ3) is 8.64. The fourth-order valence-electron chi connectivity index (χ4n) is 4.48. The molecule has 0 aliphatic heterocycles. The number of aryl methyl sites for hydroxylation is 1. The normalized spacial score (nSPS) is 12.3. The number of ether oxygens (including phenoxy) is 2. The van der Waals surface area contributed by atoms with Crippen molar-refractivity contribution < 1.29 is 27.5 Å². The van der Waals surface area contributed by atoms with Gasteiger partial charge in [0.2, 0.25) is 11.8 Å². The van der Waals surface area contributed by atoms with E-state index in [4.69, 9.17) is 21.1 Å². The number of carbonyl (C=O) groups excluding carboxylic acids is 2. The van der Waals surface area contributed by atoms with E-state index in [0.717, 1.165) is 15.4 Å². The van der Waals surface area contributed by atoms with Gasteiger partial charge in [0.05, 0.1) is 29.8 Å². The number of rotatable bonds is 12. The molecule has 2 amide bonds. The van der Waals surface area contributed by atoms with Gasteiger partial charge >= 0.3 is 0 Å². The Morgan fingerprint density at radius 2 is 1.58 bits per heavy atom. The average molecular weight is 630 g/mol. The van der Waals surface area contributed by atoms with E-state index in [2.05, 4.69) is 5.32 Å². The maximum atomic E-state index is 14.2. The van der Waals surface area contributed by atoms with Gasteiger partial charge in [-0.1, -0.05) is 48.4 Å². The molecular weight excluding hydrogens is 590 g/mol. The predicted molar refractivity (Wildman–Crippen MR) is 169 cm³/mol. The van der Waals surface area contributed by atoms with Gasteiger partial charge in [-0.25, -0.2) is 8.42 Å². The zero-order valence-electron chi connectivity index (χ0n) is 25.7. The van der Waals surface area contributed by atoms with Gasteiger partial charge in [-0.15, -0.1) is 0 Å². The van der Waals surface area contributed by atoms with Gasteiger partial charge in [0.1, 0.15) is 24.1 Å². The Morgan fingerprint density at radius 3 is 2.09 bits per heavy atom. The summed E-state index contributed by atoms with van der Waals surface area (Å²) < 4.78 is 39.6. The van der Waals surface area contributed by atoms with Crippen LogP contribution in [0.2, 0.25) is 5.02 Å². The molecule has 11 heteroatoms. The van der Waals surface area contributed by atoms with Crippen LogP contribution in [0.15, 0.2) is 71.6 Å². The summed E-state index contributed by atoms with van der Waals surface area (Å²) in [5, 5.41) is 3.14. The van der Waals surface area contributed by atoms with Crippen LogP contribution in [0.5, 0.6) is 11.5 Å². The van der Waals surface area contributed by atoms with E-state index >= 15 is 0 Å². The molecule has 0 unspecified atom stereocenters. The van der Waals surface area contributed by atoms with Crippen molar-refractivity contribution in [2.75, 3.05) is 25.1 Å². The van der Waals surface area contributed by atoms with Gasteiger partial charge in [0.15, 0.2) is 0 Å². The largest absolute Gasteiger partial charge is 0.497 e. The van der Waals surface area contributed by atoms with E-state index in [0.29, 0.717) is 17.9 Å². The molecule has 0 aliphatic rings. The number of anilines is 1. The number of nitrogens with zero attached hydrogens (tertiary/aromatic N) is 2. The quantitative estimate of drug-likeness (QED) is 0.280. The highest BCUT2D eigenvalue weighted by molar-refractivity contribution is 7.92. The molecule has 0 heterocycles. The van der Waals surface area contributed by atoms with Gasteiger partial charge in [0.25, 0.3) is 10.0 Å². The molecule has 0 aliphatic carbocycles. The van der Waals surface area contributed by atoms with E-state index in [1.54, 1.807) is 49.6 Å². The van der Waals surface area contributed by atoms with Crippen LogP contribution in [-0.2, 0) is 26.2 Å². The molecular formula is C32H40ClN3O6S. The summed E-state index contributed by atoms with van der Waals surface area (Å²) in [6, 6.07) is 17.2. The highest BCUT2D eigenvalue weighted by atomic mass is 35.5. The molecule has 43 heavy (non-hydrogen) atoms. The SMILES string of the molecule is CC[C@H](C(=O)NC(C)(C)C)N(Cc1ccc(OC)cc1)C(=O)CN(c1ccc(OC)c(Cl)c1)S(=O)(=O)c1ccc(C)cc1. The second-order valence-corrected chi connectivity index (χ2v) is 13.4. The van der Waals surface area contributed by atoms with Gasteiger partial charge in [-0.2, -0.15) is 0 Å². The lowest BCUT2D eigenvalue weighted by Gasteiger charge is -2.35. The first-order chi connectivity index (χ1) is 20.2. The van der Waals surface area contributed by atoms with E-state index in [1.807, 2.05) is 34.6 Å². The lowest BCUT2D eigenvalue weighted by molar-refractivity contribution is -0.141. The lowest BCUT2D eigenvalue weighted by Crippen LogP contribution is -2.55. The molecule has 9 nitrogen and oxygen atoms in total. The van der Waals surface area contributed by atoms with Crippen LogP contribution < -0.4 is 19.1 Å². The molecule has 0 spiro atoms. The Labute approximate surface area is 259 Å². The second-order valence-electron chi connectivity index (χ2n) is 11.2. The molecule has 0 radical (unpaired) electrons. The molecule has 1 N–H and O–H groups in total. The summed E-state index contributed by atoms with van der Waals surface area (Å²) in [7, 11) is -1.22. The second kappa shape index (κ2) is 14.1. The maximum absolute atomic E-state index is 14.2. The van der Waals surface area contributed by atoms with E-state index < -0.39 is 34.1 Å². The van der Waals surface area contributed by atoms with Gasteiger partial charge in [0, 0.05) is 12.1 Å². The molecule has 232 valence electrons. The first-order valence-corrected chi connectivity index (χ1v) is 15.7. The molecule has 0 saturated carbocycles. The zero-order chi connectivity index (χ0) is 31.9. The molecule has 3 rings (SSSR count). The fourth-order valence-corrected chi connectivity index (χ4v) is 6.13. The first-order valence-electron chi connectivity index (χ1n) is 13.9. The van der Waals surface area contributed by atoms with Crippen LogP contribution in [0.1, 0.15) is 45.2 Å². The maximum Gasteiger partial charge on any atom is 0.264 e. The number of amides is 2. The van der Waals surface area contributed by atoms with Crippen LogP contribution in [0.3, 0.4) is 0 Å². The van der Waals surface area contributed by atoms with Crippen LogP contribution in [0.4, 0.5) is 5.69 Å². The molecule has 3 aromatic carbocycles. The van der Waals surface area contributed by atoms with Crippen molar-refractivity contribution in [2.24, 2.45) is 0 Å². The Hall–Kier alpha value is -3.76. The summed E-state index contributed by atoms with van der Waals surface area (Å²) in [6.07, 6.45) is 0.308. The summed E-state index contributed by atoms with van der Waals surface area (Å²) >= 11 is 6.39. The predicted octanol–water partition coefficient (Wildman–Crippen LogP) is 5.58. The minimum absolute atomic E-state index is 0.0112. The van der Waals surface area contributed by atoms with E-state index in [9.17, 15) is 18.0 Å². The highest BCUT2D eigenvalue weighted by Crippen LogP contribution is 2.32. The smallest absolute Gasteiger partial charge is 0.264 e. The van der Waals surface area contributed by atoms with Crippen molar-refractivity contribution in [3.63, 3.8) is 0 Å². The van der Waals surface area contributed by atoms with Crippen molar-refractivity contribution in [2.45, 2.75) is 64.1 Å². The zero-order valence-corrected chi connectivity index (χ0v) is 27.3. The standard InChI is InChI=1S/C32H40ClN3O6S/c1-8-28(31(38)34-32(3,4)5)35(20-23-11-14-25(41-6)15-12-23)30(37)21-36(24-13-18-29(42-7)27(33)19-24)43(39,40)26-16-9-22(2)10-17-26/h9-19,28H,8,20-21H2,1-7H3,(H,34,38)/t28-/m1/s1. The Balaban J connectivity index is 2.10. The minimum atomic E-state index is -4.23. The van der Waals surface area contributed by atoms with Crippen LogP contribution in [0, 0.1) is 6.92 Å². The van der Waals surface area contributed by atoms with Crippen LogP contribution in [-0.4, -0.2) is 57.5 Å². The summed E-state index contributed by atoms with van der Waals surface area (Å²) in [4.78, 5) is 29.1. The van der Waals surface area contributed by atoms with Gasteiger partial charge in [-0.3, -0.25) is 13.9 Å². The van der Waals surface area contributed by atoms with Gasteiger partial charge in [-0.05, 0) is 82.1 Å². The van der Waals surface area contributed by atoms with Crippen molar-refractivity contribution in [3.05, 3.63) is 82.9 Å². The topological polar surface area (TPSA) is 105 Å². The van der Waals surface area contributed by atoms with E-state index in [-0.39, 0.29) is 28.1 Å². The highest BCUT2D eigenvalue weighted by Gasteiger charge is 2.34. The molecule has 3 aromatic rings. The Bertz CT molecular complexity index is 1520. The monoisotopic (exact) mass is 629 g/mol. The van der Waals surface area contributed by atoms with Gasteiger partial charge < -0.3 is 19.7 Å². The van der Waals surface area contributed by atoms with Crippen LogP contribution in [0.25, 0.3) is 0 Å². The molecule has 0 aromatic heterocycles. The Kier molecular flexibility index (Phi) is 11.1. The number of hydrogen-bond acceptors (Lipinski definition) is 6. The number of methoxy groups -OCH3 is 2. The summed E-state index contributed by atoms with van der Waals surface area (Å²) in [5.41, 5.74) is 1.27. The summed E-state index contributed by atoms with van der Waals surface area (Å²) in [6.45, 7) is 8.73. The first kappa shape index (κ1) is 33.7. The van der Waals surface area contributed by atoms with Crippen molar-refractivity contribution >= 4 is 39.1 Å².